The summed E-state index contributed by atoms with van der Waals surface area (Å²) in [7, 11) is 1.65. The molecule has 2 aromatic carbocycles. The first kappa shape index (κ1) is 17.9. The Kier molecular flexibility index (Phi) is 5.48. The Morgan fingerprint density at radius 1 is 1.19 bits per heavy atom. The lowest BCUT2D eigenvalue weighted by molar-refractivity contribution is 0.294. The second kappa shape index (κ2) is 7.97. The van der Waals surface area contributed by atoms with Crippen LogP contribution in [0.5, 0.6) is 11.5 Å². The van der Waals surface area contributed by atoms with E-state index in [9.17, 15) is 0 Å². The number of aromatic amines is 1. The molecular weight excluding hydrogens is 348 g/mol. The standard InChI is InChI=1S/C19H20N4O2S/c1-13-4-5-14(2)18(8-13)25-11-16-9-15(6-7-17(16)24-3)10-21-23-12-20-22-19(23)26/h4-10,12H,11H2,1-3H3,(H,22,26)/b21-10+. The monoisotopic (exact) mass is 368 g/mol. The van der Waals surface area contributed by atoms with E-state index in [-0.39, 0.29) is 0 Å². The van der Waals surface area contributed by atoms with Crippen LogP contribution in [0.4, 0.5) is 0 Å². The zero-order valence-electron chi connectivity index (χ0n) is 14.9. The van der Waals surface area contributed by atoms with Crippen LogP contribution in [0.15, 0.2) is 47.8 Å². The minimum Gasteiger partial charge on any atom is -0.496 e. The Balaban J connectivity index is 1.81. The van der Waals surface area contributed by atoms with Crippen molar-refractivity contribution in [1.29, 1.82) is 0 Å². The molecule has 6 nitrogen and oxygen atoms in total. The molecule has 0 aliphatic heterocycles. The van der Waals surface area contributed by atoms with E-state index < -0.39 is 0 Å². The molecule has 0 fully saturated rings. The van der Waals surface area contributed by atoms with Gasteiger partial charge in [0, 0.05) is 5.56 Å². The van der Waals surface area contributed by atoms with Crippen LogP contribution in [0.3, 0.4) is 0 Å². The van der Waals surface area contributed by atoms with Gasteiger partial charge in [0.15, 0.2) is 0 Å². The molecule has 0 aliphatic carbocycles. The van der Waals surface area contributed by atoms with Gasteiger partial charge in [-0.25, -0.2) is 0 Å². The van der Waals surface area contributed by atoms with E-state index in [1.165, 1.54) is 11.0 Å². The highest BCUT2D eigenvalue weighted by Crippen LogP contribution is 2.24. The van der Waals surface area contributed by atoms with Crippen molar-refractivity contribution in [3.05, 3.63) is 69.8 Å². The van der Waals surface area contributed by atoms with Crippen molar-refractivity contribution in [3.8, 4) is 11.5 Å². The Labute approximate surface area is 157 Å². The van der Waals surface area contributed by atoms with Gasteiger partial charge in [-0.05, 0) is 67.0 Å². The summed E-state index contributed by atoms with van der Waals surface area (Å²) in [6.07, 6.45) is 3.24. The molecule has 0 radical (unpaired) electrons. The van der Waals surface area contributed by atoms with Crippen LogP contribution in [-0.4, -0.2) is 28.2 Å². The summed E-state index contributed by atoms with van der Waals surface area (Å²) < 4.78 is 13.4. The van der Waals surface area contributed by atoms with Gasteiger partial charge in [-0.3, -0.25) is 5.10 Å². The lowest BCUT2D eigenvalue weighted by Gasteiger charge is -2.13. The third-order valence-electron chi connectivity index (χ3n) is 3.90. The maximum absolute atomic E-state index is 6.01. The van der Waals surface area contributed by atoms with Gasteiger partial charge in [-0.15, -0.1) is 0 Å². The molecule has 26 heavy (non-hydrogen) atoms. The van der Waals surface area contributed by atoms with Crippen molar-refractivity contribution < 1.29 is 9.47 Å². The van der Waals surface area contributed by atoms with E-state index >= 15 is 0 Å². The predicted molar refractivity (Wildman–Crippen MR) is 104 cm³/mol. The molecule has 0 spiro atoms. The van der Waals surface area contributed by atoms with Crippen LogP contribution in [0.2, 0.25) is 0 Å². The largest absolute Gasteiger partial charge is 0.496 e. The molecular formula is C19H20N4O2S. The van der Waals surface area contributed by atoms with Crippen LogP contribution < -0.4 is 9.47 Å². The molecule has 0 aliphatic rings. The molecule has 0 saturated heterocycles. The number of rotatable bonds is 6. The van der Waals surface area contributed by atoms with Gasteiger partial charge in [-0.2, -0.15) is 14.9 Å². The van der Waals surface area contributed by atoms with Crippen molar-refractivity contribution in [1.82, 2.24) is 14.9 Å². The molecule has 134 valence electrons. The van der Waals surface area contributed by atoms with E-state index in [4.69, 9.17) is 21.7 Å². The normalized spacial score (nSPS) is 11.0. The first-order valence-electron chi connectivity index (χ1n) is 8.10. The molecule has 3 rings (SSSR count). The highest BCUT2D eigenvalue weighted by atomic mass is 32.1. The number of hydrogen-bond acceptors (Lipinski definition) is 5. The summed E-state index contributed by atoms with van der Waals surface area (Å²) in [6.45, 7) is 4.48. The molecule has 7 heteroatoms. The second-order valence-corrected chi connectivity index (χ2v) is 6.27. The number of H-pyrrole nitrogens is 1. The molecule has 3 aromatic rings. The maximum Gasteiger partial charge on any atom is 0.216 e. The number of aromatic nitrogens is 3. The molecule has 0 saturated carbocycles. The zero-order valence-corrected chi connectivity index (χ0v) is 15.7. The van der Waals surface area contributed by atoms with E-state index in [0.29, 0.717) is 11.4 Å². The molecule has 0 bridgehead atoms. The Bertz CT molecular complexity index is 991. The number of benzene rings is 2. The summed E-state index contributed by atoms with van der Waals surface area (Å²) in [6, 6.07) is 12.0. The number of ether oxygens (including phenoxy) is 2. The average Bonchev–Trinajstić information content (AvgIpc) is 3.05. The fourth-order valence-corrected chi connectivity index (χ4v) is 2.61. The van der Waals surface area contributed by atoms with Gasteiger partial charge < -0.3 is 9.47 Å². The van der Waals surface area contributed by atoms with Crippen LogP contribution >= 0.6 is 12.2 Å². The minimum atomic E-state index is 0.403. The molecule has 1 aromatic heterocycles. The summed E-state index contributed by atoms with van der Waals surface area (Å²) in [4.78, 5) is 0. The zero-order chi connectivity index (χ0) is 18.5. The van der Waals surface area contributed by atoms with Gasteiger partial charge in [0.2, 0.25) is 4.77 Å². The first-order valence-corrected chi connectivity index (χ1v) is 8.51. The number of hydrogen-bond donors (Lipinski definition) is 1. The van der Waals surface area contributed by atoms with Gasteiger partial charge in [0.25, 0.3) is 0 Å². The van der Waals surface area contributed by atoms with Crippen molar-refractivity contribution in [2.24, 2.45) is 5.10 Å². The van der Waals surface area contributed by atoms with Crippen LogP contribution in [0, 0.1) is 18.6 Å². The van der Waals surface area contributed by atoms with Gasteiger partial charge in [-0.1, -0.05) is 12.1 Å². The van der Waals surface area contributed by atoms with E-state index in [0.717, 1.165) is 33.8 Å². The fourth-order valence-electron chi connectivity index (χ4n) is 2.46. The summed E-state index contributed by atoms with van der Waals surface area (Å²) in [5, 5.41) is 10.8. The van der Waals surface area contributed by atoms with Crippen LogP contribution in [0.25, 0.3) is 0 Å². The second-order valence-electron chi connectivity index (χ2n) is 5.88. The quantitative estimate of drug-likeness (QED) is 0.527. The molecule has 1 heterocycles. The van der Waals surface area contributed by atoms with Gasteiger partial charge >= 0.3 is 0 Å². The number of methoxy groups -OCH3 is 1. The highest BCUT2D eigenvalue weighted by molar-refractivity contribution is 7.71. The van der Waals surface area contributed by atoms with Gasteiger partial charge in [0.05, 0.1) is 13.3 Å². The van der Waals surface area contributed by atoms with Crippen molar-refractivity contribution in [2.75, 3.05) is 7.11 Å². The van der Waals surface area contributed by atoms with E-state index in [1.54, 1.807) is 13.3 Å². The Hall–Kier alpha value is -2.93. The minimum absolute atomic E-state index is 0.403. The lowest BCUT2D eigenvalue weighted by atomic mass is 10.1. The predicted octanol–water partition coefficient (Wildman–Crippen LogP) is 4.03. The summed E-state index contributed by atoms with van der Waals surface area (Å²) in [5.41, 5.74) is 4.11. The fraction of sp³-hybridized carbons (Fsp3) is 0.211. The topological polar surface area (TPSA) is 64.4 Å². The van der Waals surface area contributed by atoms with Crippen molar-refractivity contribution >= 4 is 18.4 Å². The molecule has 0 atom stereocenters. The highest BCUT2D eigenvalue weighted by Gasteiger charge is 2.07. The van der Waals surface area contributed by atoms with Crippen LogP contribution in [0.1, 0.15) is 22.3 Å². The van der Waals surface area contributed by atoms with Crippen LogP contribution in [-0.2, 0) is 6.61 Å². The first-order chi connectivity index (χ1) is 12.6. The molecule has 1 N–H and O–H groups in total. The Morgan fingerprint density at radius 3 is 2.77 bits per heavy atom. The lowest BCUT2D eigenvalue weighted by Crippen LogP contribution is -2.01. The maximum atomic E-state index is 6.01. The third-order valence-corrected chi connectivity index (χ3v) is 4.18. The summed E-state index contributed by atoms with van der Waals surface area (Å²) >= 11 is 5.08. The number of nitrogens with zero attached hydrogens (tertiary/aromatic N) is 3. The van der Waals surface area contributed by atoms with E-state index in [2.05, 4.69) is 27.4 Å². The third kappa shape index (κ3) is 4.18. The smallest absolute Gasteiger partial charge is 0.216 e. The Morgan fingerprint density at radius 2 is 2.04 bits per heavy atom. The van der Waals surface area contributed by atoms with Gasteiger partial charge in [0.1, 0.15) is 24.4 Å². The average molecular weight is 368 g/mol. The van der Waals surface area contributed by atoms with Crippen molar-refractivity contribution in [3.63, 3.8) is 0 Å². The molecule has 0 unspecified atom stereocenters. The molecule has 0 amide bonds. The number of aryl methyl sites for hydroxylation is 2. The van der Waals surface area contributed by atoms with Crippen molar-refractivity contribution in [2.45, 2.75) is 20.5 Å². The summed E-state index contributed by atoms with van der Waals surface area (Å²) in [5.74, 6) is 1.64. The SMILES string of the molecule is COc1ccc(/C=N/n2cn[nH]c2=S)cc1COc1cc(C)ccc1C. The number of nitrogens with one attached hydrogen (secondary N) is 1. The van der Waals surface area contributed by atoms with E-state index in [1.807, 2.05) is 38.1 Å².